The minimum atomic E-state index is 0.610. The maximum Gasteiger partial charge on any atom is 0.224 e. The van der Waals surface area contributed by atoms with Gasteiger partial charge in [-0.05, 0) is 24.1 Å². The number of aromatic nitrogens is 5. The summed E-state index contributed by atoms with van der Waals surface area (Å²) >= 11 is 0. The average Bonchev–Trinajstić information content (AvgIpc) is 3.07. The molecule has 0 radical (unpaired) electrons. The van der Waals surface area contributed by atoms with E-state index in [1.807, 2.05) is 34.9 Å². The van der Waals surface area contributed by atoms with E-state index >= 15 is 0 Å². The number of nitrogens with zero attached hydrogens (tertiary/aromatic N) is 5. The lowest BCUT2D eigenvalue weighted by atomic mass is 10.1. The van der Waals surface area contributed by atoms with Gasteiger partial charge in [0.2, 0.25) is 5.95 Å². The molecule has 0 aliphatic carbocycles. The molecule has 6 nitrogen and oxygen atoms in total. The van der Waals surface area contributed by atoms with Gasteiger partial charge in [-0.1, -0.05) is 30.3 Å². The van der Waals surface area contributed by atoms with Gasteiger partial charge in [0.05, 0.1) is 11.7 Å². The summed E-state index contributed by atoms with van der Waals surface area (Å²) in [6.07, 6.45) is 7.92. The Kier molecular flexibility index (Phi) is 3.85. The molecule has 1 N–H and O–H groups in total. The number of nitrogens with one attached hydrogen (secondary N) is 1. The molecule has 0 amide bonds. The molecule has 4 aromatic rings. The summed E-state index contributed by atoms with van der Waals surface area (Å²) in [5.41, 5.74) is 3.10. The van der Waals surface area contributed by atoms with Crippen molar-refractivity contribution in [1.82, 2.24) is 24.5 Å². The minimum absolute atomic E-state index is 0.610. The molecule has 0 bridgehead atoms. The van der Waals surface area contributed by atoms with Crippen LogP contribution in [-0.2, 0) is 6.42 Å². The van der Waals surface area contributed by atoms with Crippen molar-refractivity contribution >= 4 is 17.0 Å². The van der Waals surface area contributed by atoms with Gasteiger partial charge in [0, 0.05) is 18.9 Å². The highest BCUT2D eigenvalue weighted by atomic mass is 15.2. The lowest BCUT2D eigenvalue weighted by Gasteiger charge is -2.07. The van der Waals surface area contributed by atoms with E-state index in [4.69, 9.17) is 0 Å². The maximum atomic E-state index is 4.58. The molecule has 0 saturated carbocycles. The second kappa shape index (κ2) is 6.45. The number of imidazole rings is 1. The Morgan fingerprint density at radius 3 is 2.79 bits per heavy atom. The normalized spacial score (nSPS) is 10.8. The van der Waals surface area contributed by atoms with Crippen LogP contribution in [0.15, 0.2) is 67.4 Å². The number of fused-ring (bicyclic) bond motifs is 1. The summed E-state index contributed by atoms with van der Waals surface area (Å²) in [5.74, 6) is 1.39. The van der Waals surface area contributed by atoms with Crippen LogP contribution < -0.4 is 5.32 Å². The lowest BCUT2D eigenvalue weighted by Crippen LogP contribution is -2.09. The Bertz CT molecular complexity index is 948. The van der Waals surface area contributed by atoms with Crippen molar-refractivity contribution in [3.63, 3.8) is 0 Å². The van der Waals surface area contributed by atoms with Gasteiger partial charge >= 0.3 is 0 Å². The van der Waals surface area contributed by atoms with Crippen LogP contribution in [0.4, 0.5) is 5.95 Å². The van der Waals surface area contributed by atoms with Crippen LogP contribution in [0.2, 0.25) is 0 Å². The predicted molar refractivity (Wildman–Crippen MR) is 93.1 cm³/mol. The van der Waals surface area contributed by atoms with Crippen LogP contribution in [0, 0.1) is 0 Å². The van der Waals surface area contributed by atoms with Gasteiger partial charge < -0.3 is 5.32 Å². The van der Waals surface area contributed by atoms with E-state index in [0.717, 1.165) is 29.8 Å². The van der Waals surface area contributed by atoms with Crippen molar-refractivity contribution in [3.05, 3.63) is 72.9 Å². The number of anilines is 1. The molecule has 24 heavy (non-hydrogen) atoms. The van der Waals surface area contributed by atoms with E-state index in [1.165, 1.54) is 5.56 Å². The Morgan fingerprint density at radius 2 is 1.88 bits per heavy atom. The molecule has 6 heteroatoms. The molecule has 118 valence electrons. The molecule has 0 aliphatic heterocycles. The largest absolute Gasteiger partial charge is 0.354 e. The van der Waals surface area contributed by atoms with Crippen molar-refractivity contribution in [2.75, 3.05) is 11.9 Å². The molecular formula is C18H16N6. The van der Waals surface area contributed by atoms with E-state index in [0.29, 0.717) is 5.95 Å². The molecule has 1 aromatic carbocycles. The summed E-state index contributed by atoms with van der Waals surface area (Å²) < 4.78 is 1.93. The zero-order valence-electron chi connectivity index (χ0n) is 13.0. The average molecular weight is 316 g/mol. The molecule has 0 spiro atoms. The summed E-state index contributed by atoms with van der Waals surface area (Å²) in [5, 5.41) is 3.28. The van der Waals surface area contributed by atoms with Crippen LogP contribution in [-0.4, -0.2) is 31.0 Å². The summed E-state index contributed by atoms with van der Waals surface area (Å²) in [7, 11) is 0. The molecule has 3 aromatic heterocycles. The fraction of sp³-hybridized carbons (Fsp3) is 0.111. The highest BCUT2D eigenvalue weighted by molar-refractivity contribution is 5.75. The molecule has 0 unspecified atom stereocenters. The van der Waals surface area contributed by atoms with E-state index in [2.05, 4.69) is 37.4 Å². The van der Waals surface area contributed by atoms with E-state index in [-0.39, 0.29) is 0 Å². The quantitative estimate of drug-likeness (QED) is 0.613. The number of hydrogen-bond donors (Lipinski definition) is 1. The summed E-state index contributed by atoms with van der Waals surface area (Å²) in [6, 6.07) is 14.1. The first-order chi connectivity index (χ1) is 11.9. The zero-order chi connectivity index (χ0) is 16.2. The maximum absolute atomic E-state index is 4.58. The summed E-state index contributed by atoms with van der Waals surface area (Å²) in [4.78, 5) is 17.3. The van der Waals surface area contributed by atoms with Crippen molar-refractivity contribution in [1.29, 1.82) is 0 Å². The van der Waals surface area contributed by atoms with Crippen molar-refractivity contribution in [2.45, 2.75) is 6.42 Å². The van der Waals surface area contributed by atoms with Gasteiger partial charge in [-0.2, -0.15) is 4.98 Å². The number of benzene rings is 1. The summed E-state index contributed by atoms with van der Waals surface area (Å²) in [6.45, 7) is 0.780. The highest BCUT2D eigenvalue weighted by Gasteiger charge is 2.06. The Balaban J connectivity index is 1.51. The first-order valence-electron chi connectivity index (χ1n) is 7.78. The van der Waals surface area contributed by atoms with E-state index < -0.39 is 0 Å². The second-order valence-corrected chi connectivity index (χ2v) is 5.38. The molecule has 0 atom stereocenters. The first kappa shape index (κ1) is 14.3. The second-order valence-electron chi connectivity index (χ2n) is 5.38. The lowest BCUT2D eigenvalue weighted by molar-refractivity contribution is 0.953. The van der Waals surface area contributed by atoms with E-state index in [1.54, 1.807) is 24.9 Å². The zero-order valence-corrected chi connectivity index (χ0v) is 13.0. The fourth-order valence-electron chi connectivity index (χ4n) is 2.58. The number of hydrogen-bond acceptors (Lipinski definition) is 5. The van der Waals surface area contributed by atoms with Gasteiger partial charge in [0.15, 0.2) is 0 Å². The highest BCUT2D eigenvalue weighted by Crippen LogP contribution is 2.15. The van der Waals surface area contributed by atoms with Gasteiger partial charge in [-0.25, -0.2) is 9.97 Å². The van der Waals surface area contributed by atoms with Crippen LogP contribution >= 0.6 is 0 Å². The van der Waals surface area contributed by atoms with Crippen molar-refractivity contribution < 1.29 is 0 Å². The SMILES string of the molecule is c1ccc(CCNc2nccc(-n3cnc4cnccc43)n2)cc1. The third-order valence-electron chi connectivity index (χ3n) is 3.78. The first-order valence-corrected chi connectivity index (χ1v) is 7.78. The van der Waals surface area contributed by atoms with Gasteiger partial charge in [-0.3, -0.25) is 9.55 Å². The predicted octanol–water partition coefficient (Wildman–Crippen LogP) is 2.87. The molecule has 0 aliphatic rings. The van der Waals surface area contributed by atoms with Gasteiger partial charge in [0.25, 0.3) is 0 Å². The molecule has 4 rings (SSSR count). The molecule has 0 fully saturated rings. The van der Waals surface area contributed by atoms with E-state index in [9.17, 15) is 0 Å². The standard InChI is InChI=1S/C18H16N6/c1-2-4-14(5-3-1)6-10-20-18-21-11-8-17(23-18)24-13-22-15-12-19-9-7-16(15)24/h1-5,7-9,11-13H,6,10H2,(H,20,21,23). The third kappa shape index (κ3) is 2.94. The van der Waals surface area contributed by atoms with Crippen LogP contribution in [0.1, 0.15) is 5.56 Å². The van der Waals surface area contributed by atoms with Crippen molar-refractivity contribution in [2.24, 2.45) is 0 Å². The van der Waals surface area contributed by atoms with Gasteiger partial charge in [-0.15, -0.1) is 0 Å². The van der Waals surface area contributed by atoms with Crippen LogP contribution in [0.25, 0.3) is 16.9 Å². The Hall–Kier alpha value is -3.28. The number of pyridine rings is 1. The monoisotopic (exact) mass is 316 g/mol. The third-order valence-corrected chi connectivity index (χ3v) is 3.78. The van der Waals surface area contributed by atoms with Gasteiger partial charge in [0.1, 0.15) is 17.7 Å². The Labute approximate surface area is 139 Å². The van der Waals surface area contributed by atoms with Crippen molar-refractivity contribution in [3.8, 4) is 5.82 Å². The minimum Gasteiger partial charge on any atom is -0.354 e. The fourth-order valence-corrected chi connectivity index (χ4v) is 2.58. The molecule has 3 heterocycles. The topological polar surface area (TPSA) is 68.5 Å². The number of rotatable bonds is 5. The molecular weight excluding hydrogens is 300 g/mol. The van der Waals surface area contributed by atoms with Crippen LogP contribution in [0.5, 0.6) is 0 Å². The molecule has 0 saturated heterocycles. The smallest absolute Gasteiger partial charge is 0.224 e. The van der Waals surface area contributed by atoms with Crippen LogP contribution in [0.3, 0.4) is 0 Å². The Morgan fingerprint density at radius 1 is 0.958 bits per heavy atom.